The van der Waals surface area contributed by atoms with Crippen molar-refractivity contribution in [3.63, 3.8) is 0 Å². The molecule has 1 aliphatic heterocycles. The van der Waals surface area contributed by atoms with Gasteiger partial charge < -0.3 is 10.6 Å². The zero-order valence-corrected chi connectivity index (χ0v) is 16.3. The number of rotatable bonds is 5. The van der Waals surface area contributed by atoms with E-state index in [0.29, 0.717) is 25.3 Å². The van der Waals surface area contributed by atoms with E-state index in [0.717, 1.165) is 30.4 Å². The minimum atomic E-state index is -3.62. The van der Waals surface area contributed by atoms with E-state index in [1.807, 2.05) is 31.2 Å². The summed E-state index contributed by atoms with van der Waals surface area (Å²) in [6.45, 7) is 3.41. The van der Waals surface area contributed by atoms with Gasteiger partial charge in [0.2, 0.25) is 10.0 Å². The van der Waals surface area contributed by atoms with Gasteiger partial charge in [-0.2, -0.15) is 4.31 Å². The second kappa shape index (κ2) is 8.54. The third kappa shape index (κ3) is 4.87. The van der Waals surface area contributed by atoms with Crippen LogP contribution in [0.25, 0.3) is 0 Å². The van der Waals surface area contributed by atoms with Crippen LogP contribution in [0.1, 0.15) is 30.4 Å². The van der Waals surface area contributed by atoms with E-state index in [4.69, 9.17) is 0 Å². The predicted molar refractivity (Wildman–Crippen MR) is 106 cm³/mol. The van der Waals surface area contributed by atoms with Gasteiger partial charge in [-0.1, -0.05) is 48.4 Å². The monoisotopic (exact) mass is 387 g/mol. The summed E-state index contributed by atoms with van der Waals surface area (Å²) in [5.41, 5.74) is 2.40. The molecule has 1 heterocycles. The predicted octanol–water partition coefficient (Wildman–Crippen LogP) is 3.49. The number of urea groups is 1. The van der Waals surface area contributed by atoms with Crippen LogP contribution < -0.4 is 10.6 Å². The molecule has 27 heavy (non-hydrogen) atoms. The van der Waals surface area contributed by atoms with Gasteiger partial charge in [0.1, 0.15) is 4.90 Å². The van der Waals surface area contributed by atoms with E-state index < -0.39 is 16.1 Å². The first kappa shape index (κ1) is 19.4. The molecule has 0 saturated carbocycles. The van der Waals surface area contributed by atoms with E-state index in [1.165, 1.54) is 4.31 Å². The van der Waals surface area contributed by atoms with Crippen LogP contribution in [0.2, 0.25) is 0 Å². The van der Waals surface area contributed by atoms with E-state index in [-0.39, 0.29) is 4.90 Å². The SMILES string of the molecule is Cc1cccc(CNC(=O)Nc2ccccc2S(=O)(=O)N2CCCCC2)c1. The molecule has 7 heteroatoms. The summed E-state index contributed by atoms with van der Waals surface area (Å²) in [7, 11) is -3.62. The van der Waals surface area contributed by atoms with Gasteiger partial charge in [0.15, 0.2) is 0 Å². The average Bonchev–Trinajstić information content (AvgIpc) is 2.67. The van der Waals surface area contributed by atoms with Gasteiger partial charge in [-0.25, -0.2) is 13.2 Å². The Bertz CT molecular complexity index is 906. The van der Waals surface area contributed by atoms with Gasteiger partial charge in [-0.05, 0) is 37.5 Å². The molecule has 0 aliphatic carbocycles. The van der Waals surface area contributed by atoms with E-state index in [1.54, 1.807) is 24.3 Å². The number of nitrogens with one attached hydrogen (secondary N) is 2. The Morgan fingerprint density at radius 2 is 1.78 bits per heavy atom. The van der Waals surface area contributed by atoms with E-state index >= 15 is 0 Å². The molecule has 0 aromatic heterocycles. The first-order valence-electron chi connectivity index (χ1n) is 9.16. The van der Waals surface area contributed by atoms with Crippen molar-refractivity contribution in [2.75, 3.05) is 18.4 Å². The van der Waals surface area contributed by atoms with E-state index in [9.17, 15) is 13.2 Å². The molecule has 0 spiro atoms. The number of anilines is 1. The lowest BCUT2D eigenvalue weighted by molar-refractivity contribution is 0.251. The summed E-state index contributed by atoms with van der Waals surface area (Å²) in [5.74, 6) is 0. The van der Waals surface area contributed by atoms with Crippen LogP contribution in [0, 0.1) is 6.92 Å². The summed E-state index contributed by atoms with van der Waals surface area (Å²) >= 11 is 0. The zero-order valence-electron chi connectivity index (χ0n) is 15.4. The topological polar surface area (TPSA) is 78.5 Å². The Kier molecular flexibility index (Phi) is 6.13. The fourth-order valence-electron chi connectivity index (χ4n) is 3.21. The van der Waals surface area contributed by atoms with Crippen LogP contribution in [-0.4, -0.2) is 31.8 Å². The van der Waals surface area contributed by atoms with Gasteiger partial charge in [0, 0.05) is 19.6 Å². The lowest BCUT2D eigenvalue weighted by Crippen LogP contribution is -2.36. The van der Waals surface area contributed by atoms with Crippen molar-refractivity contribution in [1.29, 1.82) is 0 Å². The number of nitrogens with zero attached hydrogens (tertiary/aromatic N) is 1. The van der Waals surface area contributed by atoms with Crippen molar-refractivity contribution in [1.82, 2.24) is 9.62 Å². The molecule has 0 bridgehead atoms. The summed E-state index contributed by atoms with van der Waals surface area (Å²) < 4.78 is 27.4. The summed E-state index contributed by atoms with van der Waals surface area (Å²) in [4.78, 5) is 12.4. The molecule has 2 amide bonds. The highest BCUT2D eigenvalue weighted by Gasteiger charge is 2.28. The Labute approximate surface area is 160 Å². The maximum Gasteiger partial charge on any atom is 0.319 e. The van der Waals surface area contributed by atoms with Crippen LogP contribution in [0.3, 0.4) is 0 Å². The highest BCUT2D eigenvalue weighted by molar-refractivity contribution is 7.89. The Morgan fingerprint density at radius 3 is 2.52 bits per heavy atom. The molecular weight excluding hydrogens is 362 g/mol. The number of benzene rings is 2. The number of hydrogen-bond acceptors (Lipinski definition) is 3. The molecule has 2 N–H and O–H groups in total. The third-order valence-electron chi connectivity index (χ3n) is 4.60. The van der Waals surface area contributed by atoms with Gasteiger partial charge in [0.25, 0.3) is 0 Å². The van der Waals surface area contributed by atoms with Crippen molar-refractivity contribution in [3.05, 3.63) is 59.7 Å². The standard InChI is InChI=1S/C20H25N3O3S/c1-16-8-7-9-17(14-16)15-21-20(24)22-18-10-3-4-11-19(18)27(25,26)23-12-5-2-6-13-23/h3-4,7-11,14H,2,5-6,12-13,15H2,1H3,(H2,21,22,24). The van der Waals surface area contributed by atoms with Crippen LogP contribution in [0.5, 0.6) is 0 Å². The number of carbonyl (C=O) groups is 1. The zero-order chi connectivity index (χ0) is 19.3. The summed E-state index contributed by atoms with van der Waals surface area (Å²) in [6.07, 6.45) is 2.78. The largest absolute Gasteiger partial charge is 0.334 e. The molecule has 0 radical (unpaired) electrons. The number of amides is 2. The van der Waals surface area contributed by atoms with Gasteiger partial charge in [-0.3, -0.25) is 0 Å². The first-order chi connectivity index (χ1) is 13.0. The lowest BCUT2D eigenvalue weighted by Gasteiger charge is -2.26. The molecule has 2 aromatic rings. The first-order valence-corrected chi connectivity index (χ1v) is 10.6. The molecule has 144 valence electrons. The molecule has 1 saturated heterocycles. The number of hydrogen-bond donors (Lipinski definition) is 2. The fourth-order valence-corrected chi connectivity index (χ4v) is 4.87. The summed E-state index contributed by atoms with van der Waals surface area (Å²) in [5, 5.41) is 5.46. The van der Waals surface area contributed by atoms with Crippen LogP contribution >= 0.6 is 0 Å². The number of sulfonamides is 1. The second-order valence-electron chi connectivity index (χ2n) is 6.76. The molecule has 6 nitrogen and oxygen atoms in total. The quantitative estimate of drug-likeness (QED) is 0.824. The molecule has 2 aromatic carbocycles. The number of para-hydroxylation sites is 1. The molecule has 1 fully saturated rings. The normalized spacial score (nSPS) is 15.3. The van der Waals surface area contributed by atoms with Crippen molar-refractivity contribution in [2.45, 2.75) is 37.6 Å². The highest BCUT2D eigenvalue weighted by atomic mass is 32.2. The fraction of sp³-hybridized carbons (Fsp3) is 0.350. The lowest BCUT2D eigenvalue weighted by atomic mass is 10.1. The van der Waals surface area contributed by atoms with Crippen molar-refractivity contribution in [3.8, 4) is 0 Å². The van der Waals surface area contributed by atoms with Gasteiger partial charge >= 0.3 is 6.03 Å². The molecular formula is C20H25N3O3S. The average molecular weight is 388 g/mol. The minimum absolute atomic E-state index is 0.137. The molecule has 0 atom stereocenters. The Morgan fingerprint density at radius 1 is 1.04 bits per heavy atom. The van der Waals surface area contributed by atoms with Crippen LogP contribution in [0.15, 0.2) is 53.4 Å². The maximum atomic E-state index is 13.0. The van der Waals surface area contributed by atoms with Crippen molar-refractivity contribution >= 4 is 21.7 Å². The number of aryl methyl sites for hydroxylation is 1. The van der Waals surface area contributed by atoms with Crippen molar-refractivity contribution < 1.29 is 13.2 Å². The number of piperidine rings is 1. The third-order valence-corrected chi connectivity index (χ3v) is 6.56. The highest BCUT2D eigenvalue weighted by Crippen LogP contribution is 2.26. The minimum Gasteiger partial charge on any atom is -0.334 e. The Balaban J connectivity index is 1.71. The van der Waals surface area contributed by atoms with Crippen LogP contribution in [0.4, 0.5) is 10.5 Å². The molecule has 3 rings (SSSR count). The molecule has 0 unspecified atom stereocenters. The molecule has 1 aliphatic rings. The second-order valence-corrected chi connectivity index (χ2v) is 8.66. The van der Waals surface area contributed by atoms with E-state index in [2.05, 4.69) is 10.6 Å². The summed E-state index contributed by atoms with van der Waals surface area (Å²) in [6, 6.07) is 14.0. The van der Waals surface area contributed by atoms with Gasteiger partial charge in [-0.15, -0.1) is 0 Å². The maximum absolute atomic E-state index is 13.0. The Hall–Kier alpha value is -2.38. The van der Waals surface area contributed by atoms with Crippen LogP contribution in [-0.2, 0) is 16.6 Å². The number of carbonyl (C=O) groups excluding carboxylic acids is 1. The smallest absolute Gasteiger partial charge is 0.319 e. The van der Waals surface area contributed by atoms with Gasteiger partial charge in [0.05, 0.1) is 5.69 Å². The van der Waals surface area contributed by atoms with Crippen molar-refractivity contribution in [2.24, 2.45) is 0 Å².